The lowest BCUT2D eigenvalue weighted by Gasteiger charge is -2.58. The summed E-state index contributed by atoms with van der Waals surface area (Å²) in [5.74, 6) is 1.66. The molecule has 0 N–H and O–H groups in total. The fourth-order valence-corrected chi connectivity index (χ4v) is 6.00. The zero-order chi connectivity index (χ0) is 19.1. The van der Waals surface area contributed by atoms with Crippen LogP contribution in [0, 0.1) is 28.6 Å². The second-order valence-electron chi connectivity index (χ2n) is 9.83. The monoisotopic (exact) mass is 356 g/mol. The van der Waals surface area contributed by atoms with Gasteiger partial charge in [-0.25, -0.2) is 4.79 Å². The van der Waals surface area contributed by atoms with Crippen molar-refractivity contribution in [2.45, 2.75) is 73.1 Å². The van der Waals surface area contributed by atoms with E-state index < -0.39 is 0 Å². The lowest BCUT2D eigenvalue weighted by molar-refractivity contribution is -0.149. The maximum Gasteiger partial charge on any atom is 0.333 e. The summed E-state index contributed by atoms with van der Waals surface area (Å²) in [6, 6.07) is 0. The summed E-state index contributed by atoms with van der Waals surface area (Å²) in [4.78, 5) is 12.0. The maximum atomic E-state index is 12.0. The van der Waals surface area contributed by atoms with Gasteiger partial charge < -0.3 is 4.74 Å². The molecular formula is C24H36O2. The third-order valence-corrected chi connectivity index (χ3v) is 7.59. The molecule has 2 heteroatoms. The topological polar surface area (TPSA) is 26.3 Å². The Morgan fingerprint density at radius 3 is 2.73 bits per heavy atom. The molecule has 1 fully saturated rings. The third-order valence-electron chi connectivity index (χ3n) is 7.59. The molecule has 0 aromatic carbocycles. The molecule has 0 spiro atoms. The van der Waals surface area contributed by atoms with Gasteiger partial charge in [-0.05, 0) is 67.8 Å². The van der Waals surface area contributed by atoms with Gasteiger partial charge in [0.1, 0.15) is 0 Å². The van der Waals surface area contributed by atoms with Crippen molar-refractivity contribution < 1.29 is 9.53 Å². The number of carbonyl (C=O) groups excluding carboxylic acids is 1. The van der Waals surface area contributed by atoms with Gasteiger partial charge in [-0.15, -0.1) is 0 Å². The van der Waals surface area contributed by atoms with Crippen molar-refractivity contribution in [1.29, 1.82) is 0 Å². The van der Waals surface area contributed by atoms with Crippen molar-refractivity contribution in [3.8, 4) is 0 Å². The van der Waals surface area contributed by atoms with E-state index in [1.165, 1.54) is 25.7 Å². The number of esters is 1. The molecule has 0 amide bonds. The van der Waals surface area contributed by atoms with Gasteiger partial charge in [-0.1, -0.05) is 58.4 Å². The van der Waals surface area contributed by atoms with E-state index >= 15 is 0 Å². The largest absolute Gasteiger partial charge is 0.462 e. The number of rotatable bonds is 4. The molecule has 26 heavy (non-hydrogen) atoms. The van der Waals surface area contributed by atoms with E-state index in [4.69, 9.17) is 4.74 Å². The normalized spacial score (nSPS) is 36.5. The number of fused-ring (bicyclic) bond motifs is 3. The Hall–Kier alpha value is -1.31. The van der Waals surface area contributed by atoms with Crippen molar-refractivity contribution in [2.24, 2.45) is 28.6 Å². The molecule has 0 aliphatic heterocycles. The minimum Gasteiger partial charge on any atom is -0.462 e. The highest BCUT2D eigenvalue weighted by Crippen LogP contribution is 2.62. The van der Waals surface area contributed by atoms with Crippen LogP contribution < -0.4 is 0 Å². The van der Waals surface area contributed by atoms with E-state index in [-0.39, 0.29) is 11.4 Å². The SMILES string of the molecule is C=C(C)C(=O)OCC1(C)CCCC2(C)C3CCC(C(C)C)=CC3=CCC12. The van der Waals surface area contributed by atoms with E-state index in [9.17, 15) is 4.79 Å². The lowest BCUT2D eigenvalue weighted by atomic mass is 9.47. The van der Waals surface area contributed by atoms with Gasteiger partial charge in [0.15, 0.2) is 0 Å². The molecule has 1 saturated carbocycles. The van der Waals surface area contributed by atoms with Crippen LogP contribution in [-0.2, 0) is 9.53 Å². The summed E-state index contributed by atoms with van der Waals surface area (Å²) >= 11 is 0. The highest BCUT2D eigenvalue weighted by atomic mass is 16.5. The highest BCUT2D eigenvalue weighted by molar-refractivity contribution is 5.86. The second-order valence-corrected chi connectivity index (χ2v) is 9.83. The molecule has 0 radical (unpaired) electrons. The minimum absolute atomic E-state index is 0.0716. The van der Waals surface area contributed by atoms with E-state index in [1.807, 2.05) is 0 Å². The quantitative estimate of drug-likeness (QED) is 0.440. The minimum atomic E-state index is -0.243. The number of hydrogen-bond donors (Lipinski definition) is 0. The first-order valence-corrected chi connectivity index (χ1v) is 10.4. The lowest BCUT2D eigenvalue weighted by Crippen LogP contribution is -2.51. The van der Waals surface area contributed by atoms with Crippen LogP contribution in [0.5, 0.6) is 0 Å². The number of allylic oxidation sites excluding steroid dienone is 4. The summed E-state index contributed by atoms with van der Waals surface area (Å²) in [5, 5.41) is 0. The number of carbonyl (C=O) groups is 1. The van der Waals surface area contributed by atoms with Gasteiger partial charge in [-0.2, -0.15) is 0 Å². The van der Waals surface area contributed by atoms with Gasteiger partial charge >= 0.3 is 5.97 Å². The Morgan fingerprint density at radius 1 is 1.35 bits per heavy atom. The Balaban J connectivity index is 1.85. The van der Waals surface area contributed by atoms with Crippen LogP contribution in [0.3, 0.4) is 0 Å². The molecule has 3 rings (SSSR count). The second kappa shape index (κ2) is 7.02. The maximum absolute atomic E-state index is 12.0. The predicted molar refractivity (Wildman–Crippen MR) is 108 cm³/mol. The Labute approximate surface area is 159 Å². The number of hydrogen-bond acceptors (Lipinski definition) is 2. The summed E-state index contributed by atoms with van der Waals surface area (Å²) in [7, 11) is 0. The molecule has 0 aromatic rings. The predicted octanol–water partition coefficient (Wildman–Crippen LogP) is 6.24. The summed E-state index contributed by atoms with van der Waals surface area (Å²) in [5.41, 5.74) is 4.09. The van der Waals surface area contributed by atoms with Gasteiger partial charge in [0.05, 0.1) is 6.61 Å². The van der Waals surface area contributed by atoms with Gasteiger partial charge in [0.25, 0.3) is 0 Å². The molecule has 0 heterocycles. The standard InChI is InChI=1S/C24H36O2/c1-16(2)18-8-10-20-19(14-18)9-11-21-23(5,12-7-13-24(20,21)6)15-26-22(25)17(3)4/h9,14,16,20-21H,3,7-8,10-13,15H2,1-2,4-6H3. The summed E-state index contributed by atoms with van der Waals surface area (Å²) in [6.07, 6.45) is 12.3. The zero-order valence-electron chi connectivity index (χ0n) is 17.4. The van der Waals surface area contributed by atoms with Crippen LogP contribution in [0.2, 0.25) is 0 Å². The van der Waals surface area contributed by atoms with Crippen LogP contribution in [0.1, 0.15) is 73.1 Å². The molecule has 3 aliphatic carbocycles. The molecule has 0 saturated heterocycles. The van der Waals surface area contributed by atoms with Crippen molar-refractivity contribution in [3.63, 3.8) is 0 Å². The van der Waals surface area contributed by atoms with Crippen LogP contribution >= 0.6 is 0 Å². The molecule has 0 aromatic heterocycles. The van der Waals surface area contributed by atoms with Crippen LogP contribution in [0.4, 0.5) is 0 Å². The van der Waals surface area contributed by atoms with Crippen molar-refractivity contribution in [2.75, 3.05) is 6.61 Å². The molecule has 0 bridgehead atoms. The smallest absolute Gasteiger partial charge is 0.333 e. The number of ether oxygens (including phenoxy) is 1. The van der Waals surface area contributed by atoms with Crippen LogP contribution in [0.25, 0.3) is 0 Å². The van der Waals surface area contributed by atoms with Crippen molar-refractivity contribution in [1.82, 2.24) is 0 Å². The molecule has 4 unspecified atom stereocenters. The first-order valence-electron chi connectivity index (χ1n) is 10.4. The molecule has 4 atom stereocenters. The van der Waals surface area contributed by atoms with Crippen molar-refractivity contribution in [3.05, 3.63) is 35.5 Å². The fourth-order valence-electron chi connectivity index (χ4n) is 6.00. The zero-order valence-corrected chi connectivity index (χ0v) is 17.4. The molecular weight excluding hydrogens is 320 g/mol. The Morgan fingerprint density at radius 2 is 2.08 bits per heavy atom. The molecule has 2 nitrogen and oxygen atoms in total. The molecule has 144 valence electrons. The first-order chi connectivity index (χ1) is 12.2. The van der Waals surface area contributed by atoms with Gasteiger partial charge in [0.2, 0.25) is 0 Å². The van der Waals surface area contributed by atoms with Gasteiger partial charge in [0, 0.05) is 11.0 Å². The van der Waals surface area contributed by atoms with Gasteiger partial charge in [-0.3, -0.25) is 0 Å². The Bertz CT molecular complexity index is 653. The van der Waals surface area contributed by atoms with Crippen LogP contribution in [-0.4, -0.2) is 12.6 Å². The summed E-state index contributed by atoms with van der Waals surface area (Å²) < 4.78 is 5.65. The van der Waals surface area contributed by atoms with Crippen molar-refractivity contribution >= 4 is 5.97 Å². The average molecular weight is 357 g/mol. The third kappa shape index (κ3) is 3.32. The summed E-state index contributed by atoms with van der Waals surface area (Å²) in [6.45, 7) is 15.5. The average Bonchev–Trinajstić information content (AvgIpc) is 2.59. The highest BCUT2D eigenvalue weighted by Gasteiger charge is 2.54. The van der Waals surface area contributed by atoms with E-state index in [0.29, 0.717) is 35.3 Å². The van der Waals surface area contributed by atoms with E-state index in [1.54, 1.807) is 18.1 Å². The Kier molecular flexibility index (Phi) is 5.25. The fraction of sp³-hybridized carbons (Fsp3) is 0.708. The molecule has 3 aliphatic rings. The first kappa shape index (κ1) is 19.5. The van der Waals surface area contributed by atoms with E-state index in [2.05, 4.69) is 46.4 Å². The van der Waals surface area contributed by atoms with E-state index in [0.717, 1.165) is 12.8 Å². The van der Waals surface area contributed by atoms with Crippen LogP contribution in [0.15, 0.2) is 35.5 Å².